The van der Waals surface area contributed by atoms with Crippen molar-refractivity contribution in [3.63, 3.8) is 0 Å². The first kappa shape index (κ1) is 16.0. The zero-order chi connectivity index (χ0) is 15.8. The number of anilines is 1. The molecule has 0 fully saturated rings. The van der Waals surface area contributed by atoms with Crippen LogP contribution in [0.3, 0.4) is 0 Å². The van der Waals surface area contributed by atoms with Gasteiger partial charge in [0, 0.05) is 19.6 Å². The molecule has 116 valence electrons. The number of hydrogen-bond donors (Lipinski definition) is 1. The van der Waals surface area contributed by atoms with E-state index in [9.17, 15) is 4.39 Å². The van der Waals surface area contributed by atoms with Gasteiger partial charge in [-0.2, -0.15) is 0 Å². The van der Waals surface area contributed by atoms with Gasteiger partial charge in [-0.3, -0.25) is 0 Å². The fourth-order valence-electron chi connectivity index (χ4n) is 2.24. The Balaban J connectivity index is 2.04. The third kappa shape index (κ3) is 4.33. The summed E-state index contributed by atoms with van der Waals surface area (Å²) in [5.74, 6) is 0.640. The van der Waals surface area contributed by atoms with Crippen LogP contribution in [0, 0.1) is 5.82 Å². The van der Waals surface area contributed by atoms with Crippen molar-refractivity contribution in [3.05, 3.63) is 79.0 Å². The Labute approximate surface area is 130 Å². The van der Waals surface area contributed by atoms with Gasteiger partial charge in [0.15, 0.2) is 0 Å². The number of nitrogens with one attached hydrogen (secondary N) is 1. The molecule has 0 spiro atoms. The Kier molecular flexibility index (Phi) is 5.98. The maximum absolute atomic E-state index is 14.1. The number of benzene rings is 1. The first-order valence-electron chi connectivity index (χ1n) is 7.23. The van der Waals surface area contributed by atoms with Crippen molar-refractivity contribution in [3.8, 4) is 0 Å². The molecule has 0 aliphatic carbocycles. The molecular weight excluding hydrogens is 279 g/mol. The predicted molar refractivity (Wildman–Crippen MR) is 88.3 cm³/mol. The number of halogens is 1. The second-order valence-electron chi connectivity index (χ2n) is 4.95. The minimum atomic E-state index is -0.238. The van der Waals surface area contributed by atoms with E-state index in [2.05, 4.69) is 18.5 Å². The van der Waals surface area contributed by atoms with Gasteiger partial charge in [-0.05, 0) is 29.8 Å². The molecule has 0 aliphatic rings. The highest BCUT2D eigenvalue weighted by molar-refractivity contribution is 5.51. The molecule has 0 radical (unpaired) electrons. The summed E-state index contributed by atoms with van der Waals surface area (Å²) in [7, 11) is 0. The first-order valence-corrected chi connectivity index (χ1v) is 7.23. The van der Waals surface area contributed by atoms with Gasteiger partial charge in [0.05, 0.1) is 18.5 Å². The van der Waals surface area contributed by atoms with Crippen LogP contribution in [0.4, 0.5) is 10.1 Å². The molecule has 0 saturated carbocycles. The van der Waals surface area contributed by atoms with E-state index in [1.165, 1.54) is 6.07 Å². The van der Waals surface area contributed by atoms with Gasteiger partial charge in [-0.15, -0.1) is 13.2 Å². The van der Waals surface area contributed by atoms with Crippen LogP contribution in [-0.2, 0) is 13.1 Å². The van der Waals surface area contributed by atoms with Crippen LogP contribution in [0.1, 0.15) is 11.3 Å². The van der Waals surface area contributed by atoms with Gasteiger partial charge in [-0.1, -0.05) is 18.2 Å². The van der Waals surface area contributed by atoms with Crippen molar-refractivity contribution in [2.24, 2.45) is 0 Å². The van der Waals surface area contributed by atoms with Crippen LogP contribution in [0.25, 0.3) is 0 Å². The second-order valence-corrected chi connectivity index (χ2v) is 4.95. The normalized spacial score (nSPS) is 10.4. The van der Waals surface area contributed by atoms with Gasteiger partial charge >= 0.3 is 0 Å². The molecule has 1 aromatic carbocycles. The second kappa shape index (κ2) is 8.20. The predicted octanol–water partition coefficient (Wildman–Crippen LogP) is 3.89. The molecule has 0 amide bonds. The summed E-state index contributed by atoms with van der Waals surface area (Å²) in [6.45, 7) is 9.87. The zero-order valence-corrected chi connectivity index (χ0v) is 12.6. The summed E-state index contributed by atoms with van der Waals surface area (Å²) >= 11 is 0. The van der Waals surface area contributed by atoms with Crippen LogP contribution in [0.15, 0.2) is 66.3 Å². The molecule has 0 unspecified atom stereocenters. The van der Waals surface area contributed by atoms with Gasteiger partial charge < -0.3 is 14.6 Å². The minimum Gasteiger partial charge on any atom is -0.468 e. The summed E-state index contributed by atoms with van der Waals surface area (Å²) in [4.78, 5) is 1.89. The quantitative estimate of drug-likeness (QED) is 0.712. The van der Waals surface area contributed by atoms with Crippen molar-refractivity contribution in [1.82, 2.24) is 5.32 Å². The maximum atomic E-state index is 14.1. The molecule has 1 aromatic heterocycles. The summed E-state index contributed by atoms with van der Waals surface area (Å²) in [6, 6.07) is 8.91. The van der Waals surface area contributed by atoms with Crippen LogP contribution in [0.2, 0.25) is 0 Å². The standard InChI is InChI=1S/C18H21FN2O/c1-3-9-21(10-4-2)18-12-15(7-8-17(18)19)13-20-14-16-6-5-11-22-16/h3-8,11-12,20H,1-2,9-10,13-14H2. The fourth-order valence-corrected chi connectivity index (χ4v) is 2.24. The summed E-state index contributed by atoms with van der Waals surface area (Å²) in [5, 5.41) is 3.28. The van der Waals surface area contributed by atoms with E-state index in [4.69, 9.17) is 4.42 Å². The van der Waals surface area contributed by atoms with Crippen molar-refractivity contribution >= 4 is 5.69 Å². The first-order chi connectivity index (χ1) is 10.7. The molecule has 1 heterocycles. The average molecular weight is 300 g/mol. The van der Waals surface area contributed by atoms with Crippen molar-refractivity contribution < 1.29 is 8.81 Å². The lowest BCUT2D eigenvalue weighted by molar-refractivity contribution is 0.483. The fraction of sp³-hybridized carbons (Fsp3) is 0.222. The van der Waals surface area contributed by atoms with Crippen molar-refractivity contribution in [2.75, 3.05) is 18.0 Å². The van der Waals surface area contributed by atoms with Crippen LogP contribution in [0.5, 0.6) is 0 Å². The highest BCUT2D eigenvalue weighted by atomic mass is 19.1. The molecule has 0 bridgehead atoms. The Hall–Kier alpha value is -2.33. The molecule has 2 aromatic rings. The van der Waals surface area contributed by atoms with E-state index >= 15 is 0 Å². The Morgan fingerprint density at radius 1 is 1.14 bits per heavy atom. The number of furan rings is 1. The molecule has 22 heavy (non-hydrogen) atoms. The van der Waals surface area contributed by atoms with E-state index in [0.717, 1.165) is 11.3 Å². The Bertz CT molecular complexity index is 598. The van der Waals surface area contributed by atoms with Gasteiger partial charge in [0.1, 0.15) is 11.6 Å². The number of rotatable bonds is 9. The van der Waals surface area contributed by atoms with E-state index in [0.29, 0.717) is 31.9 Å². The Morgan fingerprint density at radius 2 is 1.91 bits per heavy atom. The van der Waals surface area contributed by atoms with Crippen molar-refractivity contribution in [1.29, 1.82) is 0 Å². The summed E-state index contributed by atoms with van der Waals surface area (Å²) < 4.78 is 19.3. The topological polar surface area (TPSA) is 28.4 Å². The lowest BCUT2D eigenvalue weighted by atomic mass is 10.1. The molecule has 0 atom stereocenters. The number of nitrogens with zero attached hydrogens (tertiary/aromatic N) is 1. The molecule has 0 saturated heterocycles. The monoisotopic (exact) mass is 300 g/mol. The SMILES string of the molecule is C=CCN(CC=C)c1cc(CNCc2ccco2)ccc1F. The van der Waals surface area contributed by atoms with Gasteiger partial charge in [0.2, 0.25) is 0 Å². The average Bonchev–Trinajstić information content (AvgIpc) is 3.02. The third-order valence-corrected chi connectivity index (χ3v) is 3.26. The number of hydrogen-bond acceptors (Lipinski definition) is 3. The van der Waals surface area contributed by atoms with E-state index in [1.807, 2.05) is 23.1 Å². The highest BCUT2D eigenvalue weighted by Gasteiger charge is 2.10. The Morgan fingerprint density at radius 3 is 2.55 bits per heavy atom. The minimum absolute atomic E-state index is 0.238. The smallest absolute Gasteiger partial charge is 0.146 e. The van der Waals surface area contributed by atoms with Gasteiger partial charge in [-0.25, -0.2) is 4.39 Å². The lowest BCUT2D eigenvalue weighted by Gasteiger charge is -2.23. The zero-order valence-electron chi connectivity index (χ0n) is 12.6. The molecule has 1 N–H and O–H groups in total. The van der Waals surface area contributed by atoms with Gasteiger partial charge in [0.25, 0.3) is 0 Å². The van der Waals surface area contributed by atoms with E-state index in [1.54, 1.807) is 24.5 Å². The van der Waals surface area contributed by atoms with Crippen LogP contribution in [-0.4, -0.2) is 13.1 Å². The van der Waals surface area contributed by atoms with Crippen molar-refractivity contribution in [2.45, 2.75) is 13.1 Å². The third-order valence-electron chi connectivity index (χ3n) is 3.26. The van der Waals surface area contributed by atoms with E-state index < -0.39 is 0 Å². The highest BCUT2D eigenvalue weighted by Crippen LogP contribution is 2.21. The molecule has 4 heteroatoms. The largest absolute Gasteiger partial charge is 0.468 e. The van der Waals surface area contributed by atoms with E-state index in [-0.39, 0.29) is 5.82 Å². The molecule has 3 nitrogen and oxygen atoms in total. The molecule has 0 aliphatic heterocycles. The molecule has 2 rings (SSSR count). The summed E-state index contributed by atoms with van der Waals surface area (Å²) in [6.07, 6.45) is 5.16. The van der Waals surface area contributed by atoms with Crippen LogP contribution >= 0.6 is 0 Å². The molecular formula is C18H21FN2O. The maximum Gasteiger partial charge on any atom is 0.146 e. The summed E-state index contributed by atoms with van der Waals surface area (Å²) in [5.41, 5.74) is 1.58. The van der Waals surface area contributed by atoms with Crippen LogP contribution < -0.4 is 10.2 Å². The lowest BCUT2D eigenvalue weighted by Crippen LogP contribution is -2.24.